The van der Waals surface area contributed by atoms with Gasteiger partial charge in [0, 0.05) is 24.3 Å². The first kappa shape index (κ1) is 17.3. The maximum absolute atomic E-state index is 5.20. The second kappa shape index (κ2) is 7.66. The molecule has 1 aliphatic rings. The molecule has 1 aromatic heterocycles. The Morgan fingerprint density at radius 3 is 2.74 bits per heavy atom. The van der Waals surface area contributed by atoms with E-state index < -0.39 is 0 Å². The van der Waals surface area contributed by atoms with Gasteiger partial charge in [0.15, 0.2) is 0 Å². The summed E-state index contributed by atoms with van der Waals surface area (Å²) in [5.41, 5.74) is 3.88. The van der Waals surface area contributed by atoms with Gasteiger partial charge in [-0.3, -0.25) is 0 Å². The van der Waals surface area contributed by atoms with Crippen molar-refractivity contribution in [3.05, 3.63) is 72.1 Å². The summed E-state index contributed by atoms with van der Waals surface area (Å²) < 4.78 is 5.20. The first-order valence-electron chi connectivity index (χ1n) is 9.30. The predicted molar refractivity (Wildman–Crippen MR) is 109 cm³/mol. The van der Waals surface area contributed by atoms with Crippen LogP contribution in [0.15, 0.2) is 60.9 Å². The molecule has 1 N–H and O–H groups in total. The SMILES string of the molecule is COc1ccc(CCNc2cc(N3c4ccccc4CC3C)ncn2)cc1. The van der Waals surface area contributed by atoms with Crippen LogP contribution in [0.3, 0.4) is 0 Å². The number of benzene rings is 2. The number of hydrogen-bond acceptors (Lipinski definition) is 5. The Morgan fingerprint density at radius 2 is 1.93 bits per heavy atom. The first-order chi connectivity index (χ1) is 13.2. The fourth-order valence-electron chi connectivity index (χ4n) is 3.62. The molecule has 0 saturated carbocycles. The van der Waals surface area contributed by atoms with Crippen LogP contribution < -0.4 is 15.0 Å². The molecule has 0 bridgehead atoms. The second-order valence-electron chi connectivity index (χ2n) is 6.84. The van der Waals surface area contributed by atoms with Gasteiger partial charge in [0.05, 0.1) is 7.11 Å². The van der Waals surface area contributed by atoms with E-state index in [-0.39, 0.29) is 0 Å². The molecule has 3 aromatic rings. The molecule has 1 atom stereocenters. The van der Waals surface area contributed by atoms with Crippen molar-refractivity contribution in [2.45, 2.75) is 25.8 Å². The van der Waals surface area contributed by atoms with E-state index in [9.17, 15) is 0 Å². The van der Waals surface area contributed by atoms with Crippen molar-refractivity contribution < 1.29 is 4.74 Å². The Labute approximate surface area is 160 Å². The molecule has 2 heterocycles. The normalized spacial score (nSPS) is 15.5. The summed E-state index contributed by atoms with van der Waals surface area (Å²) in [7, 11) is 1.68. The molecule has 0 amide bonds. The van der Waals surface area contributed by atoms with Gasteiger partial charge in [0.2, 0.25) is 0 Å². The van der Waals surface area contributed by atoms with Crippen LogP contribution in [0, 0.1) is 0 Å². The Kier molecular flexibility index (Phi) is 4.92. The lowest BCUT2D eigenvalue weighted by Crippen LogP contribution is -2.25. The van der Waals surface area contributed by atoms with Crippen molar-refractivity contribution in [1.29, 1.82) is 0 Å². The number of aromatic nitrogens is 2. The van der Waals surface area contributed by atoms with Crippen LogP contribution >= 0.6 is 0 Å². The number of rotatable bonds is 6. The van der Waals surface area contributed by atoms with E-state index in [4.69, 9.17) is 4.74 Å². The van der Waals surface area contributed by atoms with Crippen LogP contribution in [0.2, 0.25) is 0 Å². The van der Waals surface area contributed by atoms with E-state index in [1.807, 2.05) is 18.2 Å². The van der Waals surface area contributed by atoms with Crippen molar-refractivity contribution in [1.82, 2.24) is 9.97 Å². The standard InChI is InChI=1S/C22H24N4O/c1-16-13-18-5-3-4-6-20(18)26(16)22-14-21(24-15-25-22)23-12-11-17-7-9-19(27-2)10-8-17/h3-10,14-16H,11-13H2,1-2H3,(H,23,24,25). The maximum atomic E-state index is 5.20. The molecule has 2 aromatic carbocycles. The fraction of sp³-hybridized carbons (Fsp3) is 0.273. The van der Waals surface area contributed by atoms with Gasteiger partial charge in [-0.1, -0.05) is 30.3 Å². The third kappa shape index (κ3) is 3.72. The number of anilines is 3. The Bertz CT molecular complexity index is 910. The molecule has 0 aliphatic carbocycles. The summed E-state index contributed by atoms with van der Waals surface area (Å²) in [5.74, 6) is 2.67. The first-order valence-corrected chi connectivity index (χ1v) is 9.30. The van der Waals surface area contributed by atoms with E-state index in [1.165, 1.54) is 16.8 Å². The van der Waals surface area contributed by atoms with E-state index in [0.717, 1.165) is 36.8 Å². The Hall–Kier alpha value is -3.08. The van der Waals surface area contributed by atoms with Crippen LogP contribution in [0.4, 0.5) is 17.3 Å². The highest BCUT2D eigenvalue weighted by atomic mass is 16.5. The highest BCUT2D eigenvalue weighted by Gasteiger charge is 2.27. The zero-order valence-electron chi connectivity index (χ0n) is 15.7. The summed E-state index contributed by atoms with van der Waals surface area (Å²) in [5, 5.41) is 3.42. The Morgan fingerprint density at radius 1 is 1.11 bits per heavy atom. The average Bonchev–Trinajstić information content (AvgIpc) is 3.04. The summed E-state index contributed by atoms with van der Waals surface area (Å²) in [4.78, 5) is 11.2. The number of nitrogens with zero attached hydrogens (tertiary/aromatic N) is 3. The fourth-order valence-corrected chi connectivity index (χ4v) is 3.62. The van der Waals surface area contributed by atoms with Crippen LogP contribution in [0.5, 0.6) is 5.75 Å². The molecule has 5 nitrogen and oxygen atoms in total. The van der Waals surface area contributed by atoms with Gasteiger partial charge in [-0.2, -0.15) is 0 Å². The second-order valence-corrected chi connectivity index (χ2v) is 6.84. The van der Waals surface area contributed by atoms with Crippen molar-refractivity contribution in [2.24, 2.45) is 0 Å². The zero-order valence-corrected chi connectivity index (χ0v) is 15.7. The van der Waals surface area contributed by atoms with Gasteiger partial charge in [0.25, 0.3) is 0 Å². The molecule has 138 valence electrons. The monoisotopic (exact) mass is 360 g/mol. The molecule has 1 unspecified atom stereocenters. The quantitative estimate of drug-likeness (QED) is 0.713. The minimum atomic E-state index is 0.393. The van der Waals surface area contributed by atoms with Crippen molar-refractivity contribution in [2.75, 3.05) is 23.9 Å². The summed E-state index contributed by atoms with van der Waals surface area (Å²) in [6.45, 7) is 3.05. The average molecular weight is 360 g/mol. The largest absolute Gasteiger partial charge is 0.497 e. The van der Waals surface area contributed by atoms with E-state index in [1.54, 1.807) is 13.4 Å². The minimum absolute atomic E-state index is 0.393. The molecular weight excluding hydrogens is 336 g/mol. The lowest BCUT2D eigenvalue weighted by molar-refractivity contribution is 0.414. The highest BCUT2D eigenvalue weighted by Crippen LogP contribution is 2.37. The molecule has 0 radical (unpaired) electrons. The lowest BCUT2D eigenvalue weighted by atomic mass is 10.1. The zero-order chi connectivity index (χ0) is 18.6. The third-order valence-corrected chi connectivity index (χ3v) is 4.99. The van der Waals surface area contributed by atoms with E-state index in [0.29, 0.717) is 6.04 Å². The van der Waals surface area contributed by atoms with Crippen molar-refractivity contribution in [3.63, 3.8) is 0 Å². The van der Waals surface area contributed by atoms with Gasteiger partial charge in [-0.25, -0.2) is 9.97 Å². The highest BCUT2D eigenvalue weighted by molar-refractivity contribution is 5.69. The summed E-state index contributed by atoms with van der Waals surface area (Å²) >= 11 is 0. The van der Waals surface area contributed by atoms with Crippen LogP contribution in [-0.2, 0) is 12.8 Å². The van der Waals surface area contributed by atoms with Crippen LogP contribution in [0.1, 0.15) is 18.1 Å². The van der Waals surface area contributed by atoms with Gasteiger partial charge in [0.1, 0.15) is 23.7 Å². The van der Waals surface area contributed by atoms with Gasteiger partial charge in [-0.15, -0.1) is 0 Å². The van der Waals surface area contributed by atoms with Crippen molar-refractivity contribution in [3.8, 4) is 5.75 Å². The molecule has 1 aliphatic heterocycles. The molecule has 0 saturated heterocycles. The van der Waals surface area contributed by atoms with Crippen LogP contribution in [0.25, 0.3) is 0 Å². The predicted octanol–water partition coefficient (Wildman–Crippen LogP) is 4.22. The number of hydrogen-bond donors (Lipinski definition) is 1. The molecular formula is C22H24N4O. The maximum Gasteiger partial charge on any atom is 0.138 e. The van der Waals surface area contributed by atoms with Crippen molar-refractivity contribution >= 4 is 17.3 Å². The molecule has 4 rings (SSSR count). The number of nitrogens with one attached hydrogen (secondary N) is 1. The molecule has 27 heavy (non-hydrogen) atoms. The van der Waals surface area contributed by atoms with Crippen LogP contribution in [-0.4, -0.2) is 29.7 Å². The molecule has 0 spiro atoms. The summed E-state index contributed by atoms with van der Waals surface area (Å²) in [6.07, 6.45) is 3.60. The summed E-state index contributed by atoms with van der Waals surface area (Å²) in [6, 6.07) is 19.1. The topological polar surface area (TPSA) is 50.3 Å². The lowest BCUT2D eigenvalue weighted by Gasteiger charge is -2.24. The van der Waals surface area contributed by atoms with E-state index in [2.05, 4.69) is 63.5 Å². The van der Waals surface area contributed by atoms with Gasteiger partial charge < -0.3 is 15.0 Å². The smallest absolute Gasteiger partial charge is 0.138 e. The minimum Gasteiger partial charge on any atom is -0.497 e. The van der Waals surface area contributed by atoms with Gasteiger partial charge >= 0.3 is 0 Å². The number of fused-ring (bicyclic) bond motifs is 1. The van der Waals surface area contributed by atoms with E-state index >= 15 is 0 Å². The Balaban J connectivity index is 1.43. The van der Waals surface area contributed by atoms with Gasteiger partial charge in [-0.05, 0) is 49.1 Å². The molecule has 5 heteroatoms. The number of ether oxygens (including phenoxy) is 1. The molecule has 0 fully saturated rings. The number of para-hydroxylation sites is 1. The number of methoxy groups -OCH3 is 1. The third-order valence-electron chi connectivity index (χ3n) is 4.99.